The zero-order valence-corrected chi connectivity index (χ0v) is 12.8. The van der Waals surface area contributed by atoms with Crippen LogP contribution in [0.1, 0.15) is 38.1 Å². The molecule has 0 aromatic carbocycles. The smallest absolute Gasteiger partial charge is 0.152 e. The van der Waals surface area contributed by atoms with Gasteiger partial charge in [-0.3, -0.25) is 4.68 Å². The molecule has 0 N–H and O–H groups in total. The Labute approximate surface area is 118 Å². The van der Waals surface area contributed by atoms with Gasteiger partial charge in [0.1, 0.15) is 7.28 Å². The van der Waals surface area contributed by atoms with Crippen LogP contribution in [0.5, 0.6) is 0 Å². The molecule has 0 radical (unpaired) electrons. The average molecular weight is 257 g/mol. The van der Waals surface area contributed by atoms with E-state index in [-0.39, 0.29) is 5.44 Å². The first-order valence-corrected chi connectivity index (χ1v) is 8.02. The Balaban J connectivity index is 1.84. The van der Waals surface area contributed by atoms with Crippen LogP contribution in [0.25, 0.3) is 0 Å². The van der Waals surface area contributed by atoms with Crippen molar-refractivity contribution in [3.63, 3.8) is 0 Å². The van der Waals surface area contributed by atoms with E-state index in [0.29, 0.717) is 0 Å². The van der Waals surface area contributed by atoms with Crippen molar-refractivity contribution in [3.05, 3.63) is 11.4 Å². The molecule has 2 aliphatic carbocycles. The molecule has 3 atom stereocenters. The van der Waals surface area contributed by atoms with Crippen LogP contribution < -0.4 is 0 Å². The lowest BCUT2D eigenvalue weighted by Crippen LogP contribution is -2.34. The van der Waals surface area contributed by atoms with E-state index >= 15 is 0 Å². The highest BCUT2D eigenvalue weighted by Crippen LogP contribution is 2.57. The van der Waals surface area contributed by atoms with Gasteiger partial charge in [0, 0.05) is 5.44 Å². The number of hydrogen-bond acceptors (Lipinski definition) is 2. The minimum absolute atomic E-state index is 0.104. The number of aryl methyl sites for hydroxylation is 1. The van der Waals surface area contributed by atoms with Crippen molar-refractivity contribution in [3.8, 4) is 0 Å². The predicted molar refractivity (Wildman–Crippen MR) is 82.7 cm³/mol. The molecule has 1 unspecified atom stereocenters. The van der Waals surface area contributed by atoms with Crippen LogP contribution in [0.3, 0.4) is 0 Å². The van der Waals surface area contributed by atoms with Crippen molar-refractivity contribution in [1.29, 1.82) is 0 Å². The Kier molecular flexibility index (Phi) is 3.26. The van der Waals surface area contributed by atoms with Gasteiger partial charge in [-0.05, 0) is 51.4 Å². The first kappa shape index (κ1) is 13.3. The van der Waals surface area contributed by atoms with Crippen LogP contribution in [0.15, 0.2) is 0 Å². The van der Waals surface area contributed by atoms with Gasteiger partial charge in [0.05, 0.1) is 11.4 Å². The Bertz CT molecular complexity index is 469. The molecule has 5 heteroatoms. The van der Waals surface area contributed by atoms with E-state index in [1.165, 1.54) is 37.9 Å². The molecule has 0 saturated heterocycles. The third kappa shape index (κ3) is 2.15. The average Bonchev–Trinajstić information content (AvgIpc) is 2.88. The molecule has 102 valence electrons. The van der Waals surface area contributed by atoms with Gasteiger partial charge < -0.3 is 0 Å². The molecule has 0 amide bonds. The largest absolute Gasteiger partial charge is 0.252 e. The summed E-state index contributed by atoms with van der Waals surface area (Å²) in [4.78, 5) is 0. The van der Waals surface area contributed by atoms with Crippen molar-refractivity contribution in [1.82, 2.24) is 15.0 Å². The van der Waals surface area contributed by atoms with Gasteiger partial charge in [-0.25, -0.2) is 0 Å². The van der Waals surface area contributed by atoms with Gasteiger partial charge in [-0.15, -0.1) is 5.10 Å². The first-order chi connectivity index (χ1) is 9.08. The van der Waals surface area contributed by atoms with Gasteiger partial charge in [0.25, 0.3) is 0 Å². The van der Waals surface area contributed by atoms with Gasteiger partial charge >= 0.3 is 0 Å². The second-order valence-corrected chi connectivity index (χ2v) is 7.04. The molecule has 3 nitrogen and oxygen atoms in total. The maximum absolute atomic E-state index is 4.49. The van der Waals surface area contributed by atoms with Crippen molar-refractivity contribution in [2.75, 3.05) is 0 Å². The molecule has 0 spiro atoms. The lowest BCUT2D eigenvalue weighted by atomic mass is 9.62. The van der Waals surface area contributed by atoms with Gasteiger partial charge in [0.15, 0.2) is 7.28 Å². The fourth-order valence-electron chi connectivity index (χ4n) is 4.01. The van der Waals surface area contributed by atoms with E-state index in [1.807, 2.05) is 0 Å². The Morgan fingerprint density at radius 2 is 1.84 bits per heavy atom. The summed E-state index contributed by atoms with van der Waals surface area (Å²) < 4.78 is 2.21. The number of rotatable bonds is 3. The van der Waals surface area contributed by atoms with Crippen LogP contribution >= 0.6 is 0 Å². The van der Waals surface area contributed by atoms with Gasteiger partial charge in [-0.2, -0.15) is 0 Å². The molecule has 1 fully saturated rings. The summed E-state index contributed by atoms with van der Waals surface area (Å²) in [6, 6.07) is 0. The molecular formula is C14H25B2N3. The van der Waals surface area contributed by atoms with Crippen LogP contribution in [0.4, 0.5) is 0 Å². The Hall–Kier alpha value is -0.730. The highest BCUT2D eigenvalue weighted by molar-refractivity contribution is 6.37. The van der Waals surface area contributed by atoms with Crippen molar-refractivity contribution in [2.45, 2.75) is 64.4 Å². The molecule has 3 rings (SSSR count). The maximum Gasteiger partial charge on any atom is 0.152 e. The topological polar surface area (TPSA) is 30.7 Å². The molecular weight excluding hydrogens is 232 g/mol. The van der Waals surface area contributed by atoms with Crippen molar-refractivity contribution >= 4 is 14.6 Å². The standard InChI is InChI=1S/C14H25B2N3/c1-14(2,16-4)19-12-8-6-10-9(13(10)15-3)5-7-11(12)17-18-19/h9-10,13,15-16H,5-8H2,1-4H3/t9-,10+,13?/m1/s1. The molecule has 0 aliphatic heterocycles. The van der Waals surface area contributed by atoms with E-state index in [2.05, 4.69) is 42.5 Å². The molecule has 1 aromatic rings. The first-order valence-electron chi connectivity index (χ1n) is 8.02. The normalized spacial score (nSPS) is 29.8. The molecule has 1 saturated carbocycles. The molecule has 1 heterocycles. The summed E-state index contributed by atoms with van der Waals surface area (Å²) in [6.07, 6.45) is 5.01. The number of aromatic nitrogens is 3. The summed E-state index contributed by atoms with van der Waals surface area (Å²) in [6.45, 7) is 9.13. The van der Waals surface area contributed by atoms with Crippen molar-refractivity contribution in [2.24, 2.45) is 11.8 Å². The third-order valence-corrected chi connectivity index (χ3v) is 5.69. The van der Waals surface area contributed by atoms with Gasteiger partial charge in [0.2, 0.25) is 0 Å². The summed E-state index contributed by atoms with van der Waals surface area (Å²) in [5, 5.41) is 8.96. The van der Waals surface area contributed by atoms with Crippen LogP contribution in [-0.2, 0) is 18.3 Å². The summed E-state index contributed by atoms with van der Waals surface area (Å²) in [7, 11) is 2.47. The predicted octanol–water partition coefficient (Wildman–Crippen LogP) is 1.85. The minimum atomic E-state index is 0.104. The minimum Gasteiger partial charge on any atom is -0.252 e. The van der Waals surface area contributed by atoms with Crippen LogP contribution in [0.2, 0.25) is 19.5 Å². The van der Waals surface area contributed by atoms with E-state index in [9.17, 15) is 0 Å². The highest BCUT2D eigenvalue weighted by atomic mass is 15.5. The Morgan fingerprint density at radius 3 is 2.47 bits per heavy atom. The van der Waals surface area contributed by atoms with Crippen LogP contribution in [0, 0.1) is 11.8 Å². The summed E-state index contributed by atoms with van der Waals surface area (Å²) >= 11 is 0. The van der Waals surface area contributed by atoms with E-state index in [0.717, 1.165) is 31.4 Å². The van der Waals surface area contributed by atoms with Gasteiger partial charge in [-0.1, -0.05) is 24.7 Å². The number of hydrogen-bond donors (Lipinski definition) is 0. The second kappa shape index (κ2) is 4.68. The molecule has 0 bridgehead atoms. The van der Waals surface area contributed by atoms with E-state index in [4.69, 9.17) is 0 Å². The third-order valence-electron chi connectivity index (χ3n) is 5.69. The summed E-state index contributed by atoms with van der Waals surface area (Å²) in [5.41, 5.74) is 2.81. The SMILES string of the molecule is CBC1[C@H]2CCc3c(nnn3C(C)(C)BC)CC[C@@H]12. The fourth-order valence-corrected chi connectivity index (χ4v) is 4.01. The zero-order valence-electron chi connectivity index (χ0n) is 12.8. The molecule has 1 aromatic heterocycles. The quantitative estimate of drug-likeness (QED) is 0.773. The maximum atomic E-state index is 4.49. The lowest BCUT2D eigenvalue weighted by molar-refractivity contribution is 0.423. The molecule has 19 heavy (non-hydrogen) atoms. The number of fused-ring (bicyclic) bond motifs is 2. The zero-order chi connectivity index (χ0) is 13.6. The highest BCUT2D eigenvalue weighted by Gasteiger charge is 2.48. The Morgan fingerprint density at radius 1 is 1.16 bits per heavy atom. The van der Waals surface area contributed by atoms with Crippen LogP contribution in [-0.4, -0.2) is 29.6 Å². The summed E-state index contributed by atoms with van der Waals surface area (Å²) in [5.74, 6) is 2.98. The van der Waals surface area contributed by atoms with E-state index < -0.39 is 0 Å². The molecule has 2 aliphatic rings. The second-order valence-electron chi connectivity index (χ2n) is 7.04. The number of nitrogens with zero attached hydrogens (tertiary/aromatic N) is 3. The fraction of sp³-hybridized carbons (Fsp3) is 0.857. The van der Waals surface area contributed by atoms with Crippen molar-refractivity contribution < 1.29 is 0 Å². The monoisotopic (exact) mass is 257 g/mol. The van der Waals surface area contributed by atoms with E-state index in [1.54, 1.807) is 0 Å². The lowest BCUT2D eigenvalue weighted by Gasteiger charge is -2.25.